The van der Waals surface area contributed by atoms with Crippen molar-refractivity contribution in [1.29, 1.82) is 0 Å². The Hall–Kier alpha value is -2.98. The van der Waals surface area contributed by atoms with Crippen LogP contribution in [0.2, 0.25) is 0 Å². The first-order valence-electron chi connectivity index (χ1n) is 11.0. The third-order valence-corrected chi connectivity index (χ3v) is 8.54. The Balaban J connectivity index is 1.54. The van der Waals surface area contributed by atoms with Crippen LogP contribution < -0.4 is 0 Å². The zero-order chi connectivity index (χ0) is 24.2. The first-order chi connectivity index (χ1) is 16.4. The van der Waals surface area contributed by atoms with Crippen LogP contribution in [0.3, 0.4) is 0 Å². The van der Waals surface area contributed by atoms with Crippen LogP contribution in [0.1, 0.15) is 46.4 Å². The van der Waals surface area contributed by atoms with Gasteiger partial charge in [0.25, 0.3) is 11.8 Å². The van der Waals surface area contributed by atoms with Crippen molar-refractivity contribution < 1.29 is 29.4 Å². The van der Waals surface area contributed by atoms with Crippen molar-refractivity contribution in [2.75, 3.05) is 13.1 Å². The lowest BCUT2D eigenvalue weighted by Gasteiger charge is -2.23. The fourth-order valence-corrected chi connectivity index (χ4v) is 6.71. The van der Waals surface area contributed by atoms with Crippen LogP contribution >= 0.6 is 21.6 Å². The molecule has 2 atom stereocenters. The Bertz CT molecular complexity index is 1040. The maximum absolute atomic E-state index is 13.2. The van der Waals surface area contributed by atoms with Gasteiger partial charge in [-0.05, 0) is 49.9 Å². The van der Waals surface area contributed by atoms with Crippen LogP contribution in [0.4, 0.5) is 0 Å². The van der Waals surface area contributed by atoms with Gasteiger partial charge in [0.15, 0.2) is 0 Å². The van der Waals surface area contributed by atoms with E-state index < -0.39 is 24.0 Å². The maximum atomic E-state index is 13.2. The van der Waals surface area contributed by atoms with Crippen LogP contribution in [-0.4, -0.2) is 68.9 Å². The van der Waals surface area contributed by atoms with Crippen molar-refractivity contribution in [3.8, 4) is 0 Å². The van der Waals surface area contributed by atoms with Gasteiger partial charge < -0.3 is 20.0 Å². The van der Waals surface area contributed by atoms with E-state index >= 15 is 0 Å². The summed E-state index contributed by atoms with van der Waals surface area (Å²) in [6.07, 6.45) is 2.18. The molecule has 4 rings (SSSR count). The zero-order valence-corrected chi connectivity index (χ0v) is 19.9. The Labute approximate surface area is 204 Å². The molecule has 2 heterocycles. The number of hydrogen-bond acceptors (Lipinski definition) is 6. The van der Waals surface area contributed by atoms with Gasteiger partial charge in [0.2, 0.25) is 0 Å². The summed E-state index contributed by atoms with van der Waals surface area (Å²) in [6.45, 7) is 0.805. The first kappa shape index (κ1) is 24.2. The lowest BCUT2D eigenvalue weighted by Crippen LogP contribution is -2.40. The van der Waals surface area contributed by atoms with Crippen molar-refractivity contribution in [2.24, 2.45) is 0 Å². The molecular formula is C24H24N2O6S2. The van der Waals surface area contributed by atoms with E-state index in [1.807, 2.05) is 0 Å². The molecule has 2 fully saturated rings. The number of hydrogen-bond donors (Lipinski definition) is 2. The molecule has 0 aliphatic carbocycles. The van der Waals surface area contributed by atoms with Gasteiger partial charge in [0.05, 0.1) is 11.1 Å². The number of likely N-dealkylation sites (tertiary alicyclic amines) is 2. The molecule has 0 saturated carbocycles. The van der Waals surface area contributed by atoms with Crippen molar-refractivity contribution >= 4 is 45.3 Å². The van der Waals surface area contributed by atoms with E-state index in [1.165, 1.54) is 31.4 Å². The van der Waals surface area contributed by atoms with E-state index in [1.54, 1.807) is 48.5 Å². The highest BCUT2D eigenvalue weighted by molar-refractivity contribution is 8.76. The van der Waals surface area contributed by atoms with E-state index in [0.717, 1.165) is 0 Å². The minimum Gasteiger partial charge on any atom is -0.480 e. The third-order valence-electron chi connectivity index (χ3n) is 6.05. The molecule has 0 bridgehead atoms. The van der Waals surface area contributed by atoms with Crippen LogP contribution in [0, 0.1) is 0 Å². The summed E-state index contributed by atoms with van der Waals surface area (Å²) in [5, 5.41) is 18.9. The topological polar surface area (TPSA) is 115 Å². The van der Waals surface area contributed by atoms with Gasteiger partial charge in [-0.1, -0.05) is 45.9 Å². The number of rotatable bonds is 7. The fraction of sp³-hybridized carbons (Fsp3) is 0.333. The van der Waals surface area contributed by atoms with Gasteiger partial charge in [-0.3, -0.25) is 9.59 Å². The Kier molecular flexibility index (Phi) is 7.47. The molecule has 0 radical (unpaired) electrons. The normalized spacial score (nSPS) is 19.9. The number of carboxylic acid groups (broad SMARTS) is 2. The summed E-state index contributed by atoms with van der Waals surface area (Å²) in [4.78, 5) is 53.6. The lowest BCUT2D eigenvalue weighted by molar-refractivity contribution is -0.142. The number of carbonyl (C=O) groups excluding carboxylic acids is 2. The van der Waals surface area contributed by atoms with Crippen LogP contribution in [0.25, 0.3) is 0 Å². The molecule has 2 aliphatic heterocycles. The molecule has 0 unspecified atom stereocenters. The predicted molar refractivity (Wildman–Crippen MR) is 128 cm³/mol. The second-order valence-electron chi connectivity index (χ2n) is 8.15. The largest absolute Gasteiger partial charge is 0.480 e. The number of carbonyl (C=O) groups is 4. The Morgan fingerprint density at radius 2 is 1.06 bits per heavy atom. The van der Waals surface area contributed by atoms with Gasteiger partial charge in [-0.15, -0.1) is 0 Å². The quantitative estimate of drug-likeness (QED) is 0.551. The standard InChI is InChI=1S/C24H24N2O6S2/c27-21(25-13-5-9-17(25)23(29)30)15-7-1-3-11-19(15)33-34-20-12-4-2-8-16(20)22(28)26-14-6-10-18(26)24(31)32/h1-4,7-8,11-12,17-18H,5-6,9-10,13-14H2,(H,29,30)(H,31,32)/t17-,18-/m0/s1. The second kappa shape index (κ2) is 10.5. The highest BCUT2D eigenvalue weighted by Crippen LogP contribution is 2.41. The number of amides is 2. The van der Waals surface area contributed by atoms with E-state index in [2.05, 4.69) is 0 Å². The number of nitrogens with zero attached hydrogens (tertiary/aromatic N) is 2. The third kappa shape index (κ3) is 4.92. The Morgan fingerprint density at radius 3 is 1.44 bits per heavy atom. The number of benzene rings is 2. The molecule has 8 nitrogen and oxygen atoms in total. The van der Waals surface area contributed by atoms with Crippen molar-refractivity contribution in [3.05, 3.63) is 59.7 Å². The SMILES string of the molecule is O=C(O)[C@@H]1CCCN1C(=O)c1ccccc1SSc1ccccc1C(=O)N1CCC[C@H]1C(=O)O. The summed E-state index contributed by atoms with van der Waals surface area (Å²) in [6, 6.07) is 12.4. The van der Waals surface area contributed by atoms with Crippen molar-refractivity contribution in [1.82, 2.24) is 9.80 Å². The van der Waals surface area contributed by atoms with E-state index in [4.69, 9.17) is 0 Å². The van der Waals surface area contributed by atoms with Crippen LogP contribution in [-0.2, 0) is 9.59 Å². The van der Waals surface area contributed by atoms with Gasteiger partial charge in [-0.25, -0.2) is 9.59 Å². The highest BCUT2D eigenvalue weighted by atomic mass is 33.1. The van der Waals surface area contributed by atoms with Gasteiger partial charge in [0, 0.05) is 22.9 Å². The molecule has 34 heavy (non-hydrogen) atoms. The molecule has 2 amide bonds. The van der Waals surface area contributed by atoms with E-state index in [0.29, 0.717) is 59.7 Å². The van der Waals surface area contributed by atoms with Gasteiger partial charge in [0.1, 0.15) is 12.1 Å². The molecule has 2 saturated heterocycles. The molecule has 0 spiro atoms. The summed E-state index contributed by atoms with van der Waals surface area (Å²) < 4.78 is 0. The monoisotopic (exact) mass is 500 g/mol. The molecule has 2 N–H and O–H groups in total. The van der Waals surface area contributed by atoms with Gasteiger partial charge in [-0.2, -0.15) is 0 Å². The Morgan fingerprint density at radius 1 is 0.676 bits per heavy atom. The van der Waals surface area contributed by atoms with E-state index in [-0.39, 0.29) is 11.8 Å². The molecule has 10 heteroatoms. The van der Waals surface area contributed by atoms with Crippen molar-refractivity contribution in [2.45, 2.75) is 47.6 Å². The molecule has 0 aromatic heterocycles. The molecule has 2 aromatic rings. The summed E-state index contributed by atoms with van der Waals surface area (Å²) >= 11 is 0. The fourth-order valence-electron chi connectivity index (χ4n) is 4.36. The average Bonchev–Trinajstić information content (AvgIpc) is 3.52. The summed E-state index contributed by atoms with van der Waals surface area (Å²) in [5.41, 5.74) is 0.838. The summed E-state index contributed by atoms with van der Waals surface area (Å²) in [7, 11) is 2.63. The lowest BCUT2D eigenvalue weighted by atomic mass is 10.1. The molecular weight excluding hydrogens is 476 g/mol. The predicted octanol–water partition coefficient (Wildman–Crippen LogP) is 3.86. The smallest absolute Gasteiger partial charge is 0.326 e. The zero-order valence-electron chi connectivity index (χ0n) is 18.3. The average molecular weight is 501 g/mol. The molecule has 178 valence electrons. The van der Waals surface area contributed by atoms with Crippen LogP contribution in [0.5, 0.6) is 0 Å². The van der Waals surface area contributed by atoms with Crippen LogP contribution in [0.15, 0.2) is 58.3 Å². The maximum Gasteiger partial charge on any atom is 0.326 e. The van der Waals surface area contributed by atoms with Gasteiger partial charge >= 0.3 is 11.9 Å². The second-order valence-corrected chi connectivity index (χ2v) is 10.4. The number of carboxylic acids is 2. The summed E-state index contributed by atoms with van der Waals surface area (Å²) in [5.74, 6) is -2.64. The first-order valence-corrected chi connectivity index (χ1v) is 13.1. The molecule has 2 aliphatic rings. The molecule has 2 aromatic carbocycles. The van der Waals surface area contributed by atoms with Crippen molar-refractivity contribution in [3.63, 3.8) is 0 Å². The van der Waals surface area contributed by atoms with E-state index in [9.17, 15) is 29.4 Å². The highest BCUT2D eigenvalue weighted by Gasteiger charge is 2.36. The minimum absolute atomic E-state index is 0.320. The minimum atomic E-state index is -1.00. The number of aliphatic carboxylic acids is 2.